The van der Waals surface area contributed by atoms with Gasteiger partial charge in [-0.3, -0.25) is 9.59 Å². The van der Waals surface area contributed by atoms with Crippen LogP contribution in [0.5, 0.6) is 0 Å². The summed E-state index contributed by atoms with van der Waals surface area (Å²) in [5.74, 6) is -1.62. The number of aliphatic carboxylic acids is 1. The molecule has 0 aromatic carbocycles. The molecule has 1 aromatic rings. The van der Waals surface area contributed by atoms with Gasteiger partial charge in [0.15, 0.2) is 0 Å². The largest absolute Gasteiger partial charge is 0.480 e. The Bertz CT molecular complexity index is 518. The minimum atomic E-state index is -1.34. The number of nitrogens with one attached hydrogen (secondary N) is 1. The number of furan rings is 1. The second kappa shape index (κ2) is 6.39. The summed E-state index contributed by atoms with van der Waals surface area (Å²) in [5.41, 5.74) is 4.89. The van der Waals surface area contributed by atoms with Crippen molar-refractivity contribution in [3.8, 4) is 0 Å². The number of aryl methyl sites for hydroxylation is 1. The van der Waals surface area contributed by atoms with Crippen molar-refractivity contribution in [1.29, 1.82) is 0 Å². The number of rotatable bonds is 6. The quantitative estimate of drug-likeness (QED) is 0.627. The van der Waals surface area contributed by atoms with Gasteiger partial charge in [0.1, 0.15) is 17.6 Å². The molecule has 2 amide bonds. The average Bonchev–Trinajstić information content (AvgIpc) is 2.71. The lowest BCUT2D eigenvalue weighted by Crippen LogP contribution is -2.42. The SMILES string of the molecule is Cc1ccc(/C=C/C(=O)NC(CC(N)=O)C(=O)O)o1. The highest BCUT2D eigenvalue weighted by atomic mass is 16.4. The monoisotopic (exact) mass is 266 g/mol. The Hall–Kier alpha value is -2.57. The van der Waals surface area contributed by atoms with Gasteiger partial charge in [0.2, 0.25) is 11.8 Å². The number of amides is 2. The summed E-state index contributed by atoms with van der Waals surface area (Å²) in [6, 6.07) is 2.05. The summed E-state index contributed by atoms with van der Waals surface area (Å²) in [7, 11) is 0. The standard InChI is InChI=1S/C12H14N2O5/c1-7-2-3-8(19-7)4-5-11(16)14-9(12(17)18)6-10(13)15/h2-5,9H,6H2,1H3,(H2,13,15)(H,14,16)(H,17,18)/b5-4+. The van der Waals surface area contributed by atoms with Crippen molar-refractivity contribution < 1.29 is 23.9 Å². The third kappa shape index (κ3) is 5.07. The van der Waals surface area contributed by atoms with Crippen molar-refractivity contribution >= 4 is 23.9 Å². The highest BCUT2D eigenvalue weighted by molar-refractivity contribution is 5.95. The highest BCUT2D eigenvalue weighted by Gasteiger charge is 2.20. The second-order valence-corrected chi connectivity index (χ2v) is 3.85. The fourth-order valence-electron chi connectivity index (χ4n) is 1.32. The lowest BCUT2D eigenvalue weighted by atomic mass is 10.2. The maximum atomic E-state index is 11.5. The predicted octanol–water partition coefficient (Wildman–Crippen LogP) is 0.0460. The highest BCUT2D eigenvalue weighted by Crippen LogP contribution is 2.07. The van der Waals surface area contributed by atoms with Gasteiger partial charge in [-0.15, -0.1) is 0 Å². The van der Waals surface area contributed by atoms with E-state index in [9.17, 15) is 14.4 Å². The summed E-state index contributed by atoms with van der Waals surface area (Å²) in [5, 5.41) is 11.0. The van der Waals surface area contributed by atoms with Crippen LogP contribution in [0.2, 0.25) is 0 Å². The van der Waals surface area contributed by atoms with Gasteiger partial charge < -0.3 is 20.6 Å². The van der Waals surface area contributed by atoms with Crippen LogP contribution in [0.3, 0.4) is 0 Å². The molecule has 7 nitrogen and oxygen atoms in total. The summed E-state index contributed by atoms with van der Waals surface area (Å²) in [6.07, 6.45) is 2.05. The Labute approximate surface area is 109 Å². The molecule has 0 spiro atoms. The van der Waals surface area contributed by atoms with Gasteiger partial charge in [-0.2, -0.15) is 0 Å². The maximum absolute atomic E-state index is 11.5. The molecule has 1 rings (SSSR count). The van der Waals surface area contributed by atoms with E-state index in [-0.39, 0.29) is 0 Å². The van der Waals surface area contributed by atoms with Crippen LogP contribution in [0.4, 0.5) is 0 Å². The molecule has 1 unspecified atom stereocenters. The first-order valence-corrected chi connectivity index (χ1v) is 5.44. The normalized spacial score (nSPS) is 12.3. The van der Waals surface area contributed by atoms with E-state index in [1.165, 1.54) is 6.08 Å². The number of hydrogen-bond acceptors (Lipinski definition) is 4. The van der Waals surface area contributed by atoms with Crippen molar-refractivity contribution in [2.75, 3.05) is 0 Å². The first-order chi connectivity index (χ1) is 8.88. The summed E-state index contributed by atoms with van der Waals surface area (Å²) >= 11 is 0. The Morgan fingerprint density at radius 3 is 2.63 bits per heavy atom. The fraction of sp³-hybridized carbons (Fsp3) is 0.250. The molecule has 7 heteroatoms. The van der Waals surface area contributed by atoms with Gasteiger partial charge in [-0.25, -0.2) is 4.79 Å². The number of primary amides is 1. The summed E-state index contributed by atoms with van der Waals surface area (Å²) in [4.78, 5) is 32.9. The van der Waals surface area contributed by atoms with Crippen LogP contribution in [-0.4, -0.2) is 28.9 Å². The summed E-state index contributed by atoms with van der Waals surface area (Å²) in [6.45, 7) is 1.75. The molecule has 1 aromatic heterocycles. The van der Waals surface area contributed by atoms with Gasteiger partial charge in [-0.1, -0.05) is 0 Å². The average molecular weight is 266 g/mol. The van der Waals surface area contributed by atoms with Crippen molar-refractivity contribution in [3.63, 3.8) is 0 Å². The van der Waals surface area contributed by atoms with E-state index in [4.69, 9.17) is 15.3 Å². The van der Waals surface area contributed by atoms with Crippen molar-refractivity contribution in [2.45, 2.75) is 19.4 Å². The van der Waals surface area contributed by atoms with E-state index < -0.39 is 30.2 Å². The molecule has 0 aliphatic rings. The van der Waals surface area contributed by atoms with E-state index in [1.54, 1.807) is 19.1 Å². The molecular weight excluding hydrogens is 252 g/mol. The maximum Gasteiger partial charge on any atom is 0.326 e. The molecule has 0 saturated heterocycles. The smallest absolute Gasteiger partial charge is 0.326 e. The Morgan fingerprint density at radius 2 is 2.16 bits per heavy atom. The molecule has 0 radical (unpaired) electrons. The zero-order chi connectivity index (χ0) is 14.4. The molecule has 1 atom stereocenters. The van der Waals surface area contributed by atoms with Gasteiger partial charge in [0.25, 0.3) is 0 Å². The number of carboxylic acids is 1. The van der Waals surface area contributed by atoms with Gasteiger partial charge >= 0.3 is 5.97 Å². The molecule has 0 fully saturated rings. The molecule has 0 aliphatic carbocycles. The van der Waals surface area contributed by atoms with Crippen LogP contribution < -0.4 is 11.1 Å². The Morgan fingerprint density at radius 1 is 1.47 bits per heavy atom. The fourth-order valence-corrected chi connectivity index (χ4v) is 1.32. The molecule has 102 valence electrons. The topological polar surface area (TPSA) is 123 Å². The molecule has 4 N–H and O–H groups in total. The van der Waals surface area contributed by atoms with E-state index in [0.717, 1.165) is 6.08 Å². The minimum Gasteiger partial charge on any atom is -0.480 e. The first kappa shape index (κ1) is 14.5. The third-order valence-electron chi connectivity index (χ3n) is 2.18. The van der Waals surface area contributed by atoms with Gasteiger partial charge in [-0.05, 0) is 25.1 Å². The number of carbonyl (C=O) groups excluding carboxylic acids is 2. The molecule has 19 heavy (non-hydrogen) atoms. The Kier molecular flexibility index (Phi) is 4.87. The van der Waals surface area contributed by atoms with E-state index in [2.05, 4.69) is 5.32 Å². The van der Waals surface area contributed by atoms with Gasteiger partial charge in [0, 0.05) is 6.08 Å². The van der Waals surface area contributed by atoms with E-state index >= 15 is 0 Å². The minimum absolute atomic E-state index is 0.464. The van der Waals surface area contributed by atoms with E-state index in [1.807, 2.05) is 0 Å². The van der Waals surface area contributed by atoms with Crippen molar-refractivity contribution in [2.24, 2.45) is 5.73 Å². The first-order valence-electron chi connectivity index (χ1n) is 5.44. The molecule has 0 bridgehead atoms. The van der Waals surface area contributed by atoms with Crippen LogP contribution in [0.25, 0.3) is 6.08 Å². The zero-order valence-corrected chi connectivity index (χ0v) is 10.3. The van der Waals surface area contributed by atoms with Crippen LogP contribution in [0, 0.1) is 6.92 Å². The second-order valence-electron chi connectivity index (χ2n) is 3.85. The van der Waals surface area contributed by atoms with Crippen LogP contribution >= 0.6 is 0 Å². The Balaban J connectivity index is 2.60. The van der Waals surface area contributed by atoms with Crippen molar-refractivity contribution in [3.05, 3.63) is 29.7 Å². The molecule has 0 aliphatic heterocycles. The lowest BCUT2D eigenvalue weighted by Gasteiger charge is -2.10. The lowest BCUT2D eigenvalue weighted by molar-refractivity contribution is -0.142. The number of hydrogen-bond donors (Lipinski definition) is 3. The predicted molar refractivity (Wildman–Crippen MR) is 65.9 cm³/mol. The van der Waals surface area contributed by atoms with Crippen LogP contribution in [0.15, 0.2) is 22.6 Å². The van der Waals surface area contributed by atoms with Crippen LogP contribution in [0.1, 0.15) is 17.9 Å². The number of nitrogens with two attached hydrogens (primary N) is 1. The van der Waals surface area contributed by atoms with Crippen molar-refractivity contribution in [1.82, 2.24) is 5.32 Å². The molecule has 1 heterocycles. The van der Waals surface area contributed by atoms with Gasteiger partial charge in [0.05, 0.1) is 6.42 Å². The summed E-state index contributed by atoms with van der Waals surface area (Å²) < 4.78 is 5.19. The third-order valence-corrected chi connectivity index (χ3v) is 2.18. The zero-order valence-electron chi connectivity index (χ0n) is 10.3. The number of carboxylic acid groups (broad SMARTS) is 1. The molecule has 0 saturated carbocycles. The molecular formula is C12H14N2O5. The number of carbonyl (C=O) groups is 3. The van der Waals surface area contributed by atoms with Crippen LogP contribution in [-0.2, 0) is 14.4 Å². The van der Waals surface area contributed by atoms with E-state index in [0.29, 0.717) is 11.5 Å².